The van der Waals surface area contributed by atoms with Crippen LogP contribution in [0.4, 0.5) is 0 Å². The monoisotopic (exact) mass is 223 g/mol. The molecule has 0 radical (unpaired) electrons. The predicted octanol–water partition coefficient (Wildman–Crippen LogP) is 0.970. The van der Waals surface area contributed by atoms with Gasteiger partial charge in [0, 0.05) is 6.54 Å². The first-order chi connectivity index (χ1) is 7.57. The quantitative estimate of drug-likeness (QED) is 0.422. The van der Waals surface area contributed by atoms with Gasteiger partial charge in [-0.25, -0.2) is 0 Å². The van der Waals surface area contributed by atoms with E-state index in [1.807, 2.05) is 0 Å². The van der Waals surface area contributed by atoms with Gasteiger partial charge in [-0.05, 0) is 48.9 Å². The smallest absolute Gasteiger partial charge is 0.157 e. The third-order valence-corrected chi connectivity index (χ3v) is 3.33. The van der Waals surface area contributed by atoms with Gasteiger partial charge in [-0.15, -0.1) is 0 Å². The summed E-state index contributed by atoms with van der Waals surface area (Å²) in [7, 11) is 0. The number of phenolic OH excluding ortho intramolecular Hbond substituents is 2. The number of nitrogens with two attached hydrogens (primary N) is 1. The van der Waals surface area contributed by atoms with E-state index in [0.29, 0.717) is 12.0 Å². The number of benzene rings is 1. The van der Waals surface area contributed by atoms with Gasteiger partial charge in [0.15, 0.2) is 11.5 Å². The molecule has 2 rings (SSSR count). The Bertz CT molecular complexity index is 405. The van der Waals surface area contributed by atoms with Gasteiger partial charge in [-0.2, -0.15) is 0 Å². The van der Waals surface area contributed by atoms with Gasteiger partial charge >= 0.3 is 0 Å². The van der Waals surface area contributed by atoms with Crippen LogP contribution in [0.25, 0.3) is 0 Å². The maximum Gasteiger partial charge on any atom is 0.157 e. The normalized spacial score (nSPS) is 24.9. The summed E-state index contributed by atoms with van der Waals surface area (Å²) in [6, 6.07) is 2.96. The Labute approximate surface area is 94.3 Å². The molecule has 0 saturated carbocycles. The second-order valence-corrected chi connectivity index (χ2v) is 4.44. The largest absolute Gasteiger partial charge is 0.504 e. The molecule has 1 aliphatic rings. The van der Waals surface area contributed by atoms with Crippen molar-refractivity contribution < 1.29 is 15.3 Å². The minimum Gasteiger partial charge on any atom is -0.504 e. The van der Waals surface area contributed by atoms with Gasteiger partial charge in [-0.1, -0.05) is 0 Å². The molecule has 16 heavy (non-hydrogen) atoms. The van der Waals surface area contributed by atoms with Crippen LogP contribution in [-0.4, -0.2) is 21.9 Å². The summed E-state index contributed by atoms with van der Waals surface area (Å²) < 4.78 is 0. The topological polar surface area (TPSA) is 86.7 Å². The Kier molecular flexibility index (Phi) is 2.78. The molecule has 0 unspecified atom stereocenters. The number of aromatic hydroxyl groups is 2. The van der Waals surface area contributed by atoms with Crippen LogP contribution in [0.15, 0.2) is 12.1 Å². The van der Waals surface area contributed by atoms with Crippen LogP contribution in [0.5, 0.6) is 11.5 Å². The van der Waals surface area contributed by atoms with Gasteiger partial charge in [-0.3, -0.25) is 0 Å². The average Bonchev–Trinajstić information content (AvgIpc) is 2.42. The van der Waals surface area contributed by atoms with E-state index in [4.69, 9.17) is 5.73 Å². The number of rotatable bonds is 1. The maximum absolute atomic E-state index is 10.4. The van der Waals surface area contributed by atoms with Crippen LogP contribution in [0.1, 0.15) is 30.4 Å². The van der Waals surface area contributed by atoms with Crippen molar-refractivity contribution in [3.63, 3.8) is 0 Å². The molecule has 5 N–H and O–H groups in total. The lowest BCUT2D eigenvalue weighted by atomic mass is 9.87. The summed E-state index contributed by atoms with van der Waals surface area (Å²) in [5, 5.41) is 29.3. The van der Waals surface area contributed by atoms with Crippen LogP contribution < -0.4 is 5.73 Å². The molecule has 1 aromatic carbocycles. The van der Waals surface area contributed by atoms with Gasteiger partial charge in [0.2, 0.25) is 0 Å². The molecule has 0 fully saturated rings. The lowest BCUT2D eigenvalue weighted by molar-refractivity contribution is 0.0360. The van der Waals surface area contributed by atoms with Gasteiger partial charge in [0.25, 0.3) is 0 Å². The second kappa shape index (κ2) is 3.96. The number of hydrogen-bond donors (Lipinski definition) is 4. The predicted molar refractivity (Wildman–Crippen MR) is 60.3 cm³/mol. The Morgan fingerprint density at radius 2 is 1.88 bits per heavy atom. The molecule has 0 saturated heterocycles. The van der Waals surface area contributed by atoms with Crippen molar-refractivity contribution in [3.05, 3.63) is 23.3 Å². The third kappa shape index (κ3) is 1.74. The first-order valence-electron chi connectivity index (χ1n) is 5.54. The third-order valence-electron chi connectivity index (χ3n) is 3.33. The summed E-state index contributed by atoms with van der Waals surface area (Å²) in [5.41, 5.74) is 6.07. The fourth-order valence-corrected chi connectivity index (χ4v) is 2.34. The SMILES string of the molecule is NC[C@@]1(O)CCCCc2cc(O)c(O)cc21. The Hall–Kier alpha value is -1.26. The molecule has 1 atom stereocenters. The van der Waals surface area contributed by atoms with E-state index < -0.39 is 5.60 Å². The van der Waals surface area contributed by atoms with Crippen LogP contribution in [-0.2, 0) is 12.0 Å². The number of aryl methyl sites for hydroxylation is 1. The highest BCUT2D eigenvalue weighted by atomic mass is 16.3. The number of fused-ring (bicyclic) bond motifs is 1. The summed E-state index contributed by atoms with van der Waals surface area (Å²) in [5.74, 6) is -0.340. The fraction of sp³-hybridized carbons (Fsp3) is 0.500. The number of aliphatic hydroxyl groups is 1. The molecular weight excluding hydrogens is 206 g/mol. The molecule has 4 nitrogen and oxygen atoms in total. The van der Waals surface area contributed by atoms with Crippen molar-refractivity contribution in [1.29, 1.82) is 0 Å². The first kappa shape index (κ1) is 11.2. The minimum absolute atomic E-state index is 0.129. The molecule has 1 aromatic rings. The molecule has 0 aliphatic heterocycles. The van der Waals surface area contributed by atoms with Crippen molar-refractivity contribution in [3.8, 4) is 11.5 Å². The molecule has 0 aromatic heterocycles. The lowest BCUT2D eigenvalue weighted by Gasteiger charge is -2.27. The second-order valence-electron chi connectivity index (χ2n) is 4.44. The highest BCUT2D eigenvalue weighted by Crippen LogP contribution is 2.38. The zero-order valence-electron chi connectivity index (χ0n) is 9.11. The number of phenols is 2. The molecule has 1 aliphatic carbocycles. The molecule has 0 heterocycles. The summed E-state index contributed by atoms with van der Waals surface area (Å²) in [4.78, 5) is 0. The van der Waals surface area contributed by atoms with Gasteiger partial charge in [0.05, 0.1) is 0 Å². The minimum atomic E-state index is -1.07. The molecular formula is C12H17NO3. The van der Waals surface area contributed by atoms with Crippen molar-refractivity contribution >= 4 is 0 Å². The molecule has 4 heteroatoms. The zero-order valence-corrected chi connectivity index (χ0v) is 9.11. The van der Waals surface area contributed by atoms with Crippen LogP contribution in [0.3, 0.4) is 0 Å². The van der Waals surface area contributed by atoms with Crippen LogP contribution >= 0.6 is 0 Å². The molecule has 0 amide bonds. The highest BCUT2D eigenvalue weighted by Gasteiger charge is 2.32. The Morgan fingerprint density at radius 1 is 1.19 bits per heavy atom. The molecule has 88 valence electrons. The summed E-state index contributed by atoms with van der Waals surface area (Å²) in [6.45, 7) is 0.129. The van der Waals surface area contributed by atoms with E-state index >= 15 is 0 Å². The van der Waals surface area contributed by atoms with Crippen molar-refractivity contribution in [2.24, 2.45) is 5.73 Å². The van der Waals surface area contributed by atoms with Crippen LogP contribution in [0, 0.1) is 0 Å². The van der Waals surface area contributed by atoms with Gasteiger partial charge < -0.3 is 21.1 Å². The highest BCUT2D eigenvalue weighted by molar-refractivity contribution is 5.48. The first-order valence-corrected chi connectivity index (χ1v) is 5.54. The van der Waals surface area contributed by atoms with Crippen molar-refractivity contribution in [1.82, 2.24) is 0 Å². The summed E-state index contributed by atoms with van der Waals surface area (Å²) in [6.07, 6.45) is 3.25. The van der Waals surface area contributed by atoms with E-state index in [9.17, 15) is 15.3 Å². The maximum atomic E-state index is 10.4. The standard InChI is InChI=1S/C12H17NO3/c13-7-12(16)4-2-1-3-8-5-10(14)11(15)6-9(8)12/h5-6,14-16H,1-4,7,13H2/t12-/m0/s1. The molecule has 0 spiro atoms. The Balaban J connectivity index is 2.57. The van der Waals surface area contributed by atoms with E-state index in [2.05, 4.69) is 0 Å². The van der Waals surface area contributed by atoms with E-state index in [1.54, 1.807) is 0 Å². The number of hydrogen-bond acceptors (Lipinski definition) is 4. The van der Waals surface area contributed by atoms with Gasteiger partial charge in [0.1, 0.15) is 5.60 Å². The van der Waals surface area contributed by atoms with Crippen molar-refractivity contribution in [2.45, 2.75) is 31.3 Å². The van der Waals surface area contributed by atoms with Crippen molar-refractivity contribution in [2.75, 3.05) is 6.54 Å². The van der Waals surface area contributed by atoms with E-state index in [1.165, 1.54) is 12.1 Å². The zero-order chi connectivity index (χ0) is 11.8. The lowest BCUT2D eigenvalue weighted by Crippen LogP contribution is -2.35. The van der Waals surface area contributed by atoms with E-state index in [-0.39, 0.29) is 18.0 Å². The molecule has 0 bridgehead atoms. The summed E-state index contributed by atoms with van der Waals surface area (Å²) >= 11 is 0. The fourth-order valence-electron chi connectivity index (χ4n) is 2.34. The average molecular weight is 223 g/mol. The van der Waals surface area contributed by atoms with Crippen LogP contribution in [0.2, 0.25) is 0 Å². The Morgan fingerprint density at radius 3 is 2.56 bits per heavy atom. The van der Waals surface area contributed by atoms with E-state index in [0.717, 1.165) is 24.8 Å².